The van der Waals surface area contributed by atoms with E-state index in [1.165, 1.54) is 17.2 Å². The van der Waals surface area contributed by atoms with Gasteiger partial charge in [-0.25, -0.2) is 19.5 Å². The van der Waals surface area contributed by atoms with Crippen molar-refractivity contribution in [2.45, 2.75) is 24.5 Å². The van der Waals surface area contributed by atoms with Crippen molar-refractivity contribution in [3.05, 3.63) is 12.7 Å². The van der Waals surface area contributed by atoms with E-state index in [-0.39, 0.29) is 52.0 Å². The molecular formula is C10H19N5NaO9P. The maximum absolute atomic E-state index is 10.7. The van der Waals surface area contributed by atoms with Gasteiger partial charge in [-0.2, -0.15) is 0 Å². The van der Waals surface area contributed by atoms with E-state index in [9.17, 15) is 14.8 Å². The molecule has 14 nitrogen and oxygen atoms in total. The van der Waals surface area contributed by atoms with Crippen molar-refractivity contribution in [1.29, 1.82) is 0 Å². The van der Waals surface area contributed by atoms with Gasteiger partial charge in [0.1, 0.15) is 30.2 Å². The topological polar surface area (TPSA) is 249 Å². The van der Waals surface area contributed by atoms with E-state index in [0.29, 0.717) is 5.52 Å². The Morgan fingerprint density at radius 3 is 2.50 bits per heavy atom. The van der Waals surface area contributed by atoms with Crippen LogP contribution < -0.4 is 5.73 Å². The molecule has 26 heavy (non-hydrogen) atoms. The SMILES string of the molecule is Nc1ncnc2c1ncn2[C@@H]1O[C@H](COP(=O)(O)O)C(O)C1O.O.O.[NaH]. The van der Waals surface area contributed by atoms with Crippen molar-refractivity contribution in [2.24, 2.45) is 0 Å². The fraction of sp³-hybridized carbons (Fsp3) is 0.500. The molecule has 1 aliphatic heterocycles. The van der Waals surface area contributed by atoms with Crippen molar-refractivity contribution in [1.82, 2.24) is 19.5 Å². The minimum atomic E-state index is -4.72. The number of nitrogen functional groups attached to an aromatic ring is 1. The molecule has 144 valence electrons. The zero-order valence-electron chi connectivity index (χ0n) is 12.5. The van der Waals surface area contributed by atoms with Gasteiger partial charge >= 0.3 is 37.4 Å². The predicted octanol–water partition coefficient (Wildman–Crippen LogP) is -4.16. The molecule has 1 aliphatic rings. The Labute approximate surface area is 168 Å². The summed E-state index contributed by atoms with van der Waals surface area (Å²) in [4.78, 5) is 29.2. The molecule has 2 unspecified atom stereocenters. The third-order valence-electron chi connectivity index (χ3n) is 3.41. The van der Waals surface area contributed by atoms with Crippen molar-refractivity contribution < 1.29 is 44.8 Å². The van der Waals surface area contributed by atoms with E-state index in [2.05, 4.69) is 19.5 Å². The van der Waals surface area contributed by atoms with Crippen LogP contribution in [0.1, 0.15) is 6.23 Å². The molecule has 0 spiro atoms. The molecule has 2 aromatic heterocycles. The fourth-order valence-corrected chi connectivity index (χ4v) is 2.66. The molecule has 2 aromatic rings. The molecule has 0 amide bonds. The van der Waals surface area contributed by atoms with Crippen LogP contribution in [0.15, 0.2) is 12.7 Å². The number of anilines is 1. The summed E-state index contributed by atoms with van der Waals surface area (Å²) in [5.41, 5.74) is 6.25. The predicted molar refractivity (Wildman–Crippen MR) is 88.0 cm³/mol. The monoisotopic (exact) mass is 407 g/mol. The van der Waals surface area contributed by atoms with E-state index in [4.69, 9.17) is 20.3 Å². The van der Waals surface area contributed by atoms with Crippen molar-refractivity contribution in [3.63, 3.8) is 0 Å². The first-order valence-corrected chi connectivity index (χ1v) is 7.95. The van der Waals surface area contributed by atoms with Crippen molar-refractivity contribution in [3.8, 4) is 0 Å². The molecule has 0 aliphatic carbocycles. The summed E-state index contributed by atoms with van der Waals surface area (Å²) in [5.74, 6) is 0.142. The van der Waals surface area contributed by atoms with Crippen LogP contribution in [0.3, 0.4) is 0 Å². The number of aliphatic hydroxyl groups is 2. The number of aromatic nitrogens is 4. The van der Waals surface area contributed by atoms with Crippen LogP contribution in [0.25, 0.3) is 11.2 Å². The number of rotatable bonds is 4. The molecule has 3 heterocycles. The molecule has 3 rings (SSSR count). The van der Waals surface area contributed by atoms with Crippen LogP contribution in [-0.2, 0) is 13.8 Å². The molecule has 1 fully saturated rings. The third-order valence-corrected chi connectivity index (χ3v) is 3.89. The number of fused-ring (bicyclic) bond motifs is 1. The summed E-state index contributed by atoms with van der Waals surface area (Å²) in [5, 5.41) is 20.1. The van der Waals surface area contributed by atoms with E-state index in [1.54, 1.807) is 0 Å². The van der Waals surface area contributed by atoms with Gasteiger partial charge in [0.25, 0.3) is 0 Å². The second-order valence-corrected chi connectivity index (χ2v) is 6.15. The van der Waals surface area contributed by atoms with Crippen LogP contribution in [0.5, 0.6) is 0 Å². The number of hydrogen-bond acceptors (Lipinski definition) is 9. The van der Waals surface area contributed by atoms with Crippen LogP contribution in [0.2, 0.25) is 0 Å². The molecule has 0 saturated carbocycles. The molecule has 4 atom stereocenters. The molecule has 1 saturated heterocycles. The van der Waals surface area contributed by atoms with Crippen LogP contribution in [-0.4, -0.2) is 105 Å². The summed E-state index contributed by atoms with van der Waals surface area (Å²) in [6.45, 7) is -0.594. The quantitative estimate of drug-likeness (QED) is 0.240. The number of ether oxygens (including phenoxy) is 1. The van der Waals surface area contributed by atoms with Gasteiger partial charge in [0, 0.05) is 0 Å². The van der Waals surface area contributed by atoms with Gasteiger partial charge in [0.2, 0.25) is 0 Å². The van der Waals surface area contributed by atoms with Crippen LogP contribution in [0, 0.1) is 0 Å². The zero-order valence-corrected chi connectivity index (χ0v) is 13.4. The summed E-state index contributed by atoms with van der Waals surface area (Å²) in [6, 6.07) is 0. The van der Waals surface area contributed by atoms with E-state index < -0.39 is 39.0 Å². The van der Waals surface area contributed by atoms with Crippen LogP contribution >= 0.6 is 7.82 Å². The Balaban J connectivity index is 0.00000208. The second-order valence-electron chi connectivity index (χ2n) is 4.92. The van der Waals surface area contributed by atoms with Gasteiger partial charge in [0.15, 0.2) is 17.7 Å². The van der Waals surface area contributed by atoms with Crippen LogP contribution in [0.4, 0.5) is 5.82 Å². The van der Waals surface area contributed by atoms with E-state index in [1.807, 2.05) is 0 Å². The Bertz CT molecular complexity index is 772. The Hall–Kier alpha value is -0.740. The van der Waals surface area contributed by atoms with Crippen molar-refractivity contribution in [2.75, 3.05) is 12.3 Å². The average Bonchev–Trinajstić information content (AvgIpc) is 3.01. The van der Waals surface area contributed by atoms with Gasteiger partial charge < -0.3 is 41.4 Å². The molecule has 0 bridgehead atoms. The van der Waals surface area contributed by atoms with E-state index >= 15 is 0 Å². The number of aliphatic hydroxyl groups excluding tert-OH is 2. The first kappa shape index (κ1) is 25.3. The Morgan fingerprint density at radius 1 is 1.23 bits per heavy atom. The Kier molecular flexibility index (Phi) is 9.19. The Morgan fingerprint density at radius 2 is 1.88 bits per heavy atom. The summed E-state index contributed by atoms with van der Waals surface area (Å²) in [7, 11) is -4.72. The van der Waals surface area contributed by atoms with Crippen molar-refractivity contribution >= 4 is 54.4 Å². The number of nitrogens with zero attached hydrogens (tertiary/aromatic N) is 4. The molecule has 0 aromatic carbocycles. The number of nitrogens with two attached hydrogens (primary N) is 1. The fourth-order valence-electron chi connectivity index (χ4n) is 2.32. The third kappa shape index (κ3) is 4.95. The number of phosphoric acid groups is 1. The molecule has 16 heteroatoms. The minimum absolute atomic E-state index is 0. The normalized spacial score (nSPS) is 25.2. The second kappa shape index (κ2) is 9.45. The number of phosphoric ester groups is 1. The van der Waals surface area contributed by atoms with Gasteiger partial charge in [-0.1, -0.05) is 0 Å². The molecule has 0 radical (unpaired) electrons. The number of hydrogen-bond donors (Lipinski definition) is 5. The summed E-state index contributed by atoms with van der Waals surface area (Å²) >= 11 is 0. The van der Waals surface area contributed by atoms with E-state index in [0.717, 1.165) is 0 Å². The first-order chi connectivity index (χ1) is 10.8. The standard InChI is InChI=1S/C10H14N5O7P.Na.2H2O.H/c11-8-5-9(13-2-12-8)15(3-14-5)10-7(17)6(16)4(22-10)1-21-23(18,19)20;;;;/h2-4,6-7,10,16-17H,1H2,(H2,11,12,13)(H2,18,19,20);;2*1H2;/t4-,6?,7?,10-;;;;/m1..../s1. The van der Waals surface area contributed by atoms with Gasteiger partial charge in [-0.3, -0.25) is 9.09 Å². The van der Waals surface area contributed by atoms with Gasteiger partial charge in [-0.05, 0) is 0 Å². The zero-order chi connectivity index (χ0) is 16.8. The summed E-state index contributed by atoms with van der Waals surface area (Å²) in [6.07, 6.45) is -2.49. The summed E-state index contributed by atoms with van der Waals surface area (Å²) < 4.78 is 21.8. The molecule has 10 N–H and O–H groups in total. The van der Waals surface area contributed by atoms with Gasteiger partial charge in [-0.15, -0.1) is 0 Å². The average molecular weight is 407 g/mol. The maximum atomic E-state index is 10.7. The first-order valence-electron chi connectivity index (χ1n) is 6.42. The van der Waals surface area contributed by atoms with Gasteiger partial charge in [0.05, 0.1) is 12.9 Å². The number of imidazole rings is 1. The molecular weight excluding hydrogens is 388 g/mol.